The molecule has 0 unspecified atom stereocenters. The van der Waals surface area contributed by atoms with Gasteiger partial charge in [0.15, 0.2) is 0 Å². The first-order valence-corrected chi connectivity index (χ1v) is 5.45. The van der Waals surface area contributed by atoms with Crippen LogP contribution in [0.25, 0.3) is 11.1 Å². The zero-order valence-electron chi connectivity index (χ0n) is 8.63. The Labute approximate surface area is 95.5 Å². The van der Waals surface area contributed by atoms with E-state index in [0.717, 1.165) is 23.1 Å². The summed E-state index contributed by atoms with van der Waals surface area (Å²) in [5.74, 6) is 0. The summed E-state index contributed by atoms with van der Waals surface area (Å²) < 4.78 is 0. The molecule has 2 aromatic rings. The molecule has 0 saturated heterocycles. The average molecular weight is 216 g/mol. The Kier molecular flexibility index (Phi) is 3.08. The third-order valence-corrected chi connectivity index (χ3v) is 2.72. The van der Waals surface area contributed by atoms with Crippen molar-refractivity contribution in [2.75, 3.05) is 0 Å². The van der Waals surface area contributed by atoms with Gasteiger partial charge in [-0.1, -0.05) is 61.0 Å². The average Bonchev–Trinajstić information content (AvgIpc) is 2.30. The zero-order valence-corrected chi connectivity index (χ0v) is 9.38. The molecule has 2 rings (SSSR count). The lowest BCUT2D eigenvalue weighted by molar-refractivity contribution is 1.14. The molecule has 0 N–H and O–H groups in total. The fourth-order valence-electron chi connectivity index (χ4n) is 1.55. The highest BCUT2D eigenvalue weighted by Crippen LogP contribution is 2.28. The van der Waals surface area contributed by atoms with Crippen molar-refractivity contribution in [2.24, 2.45) is 0 Å². The lowest BCUT2D eigenvalue weighted by atomic mass is 10.0. The number of hydrogen-bond donors (Lipinski definition) is 0. The predicted molar refractivity (Wildman–Crippen MR) is 65.1 cm³/mol. The van der Waals surface area contributed by atoms with Crippen LogP contribution in [0.3, 0.4) is 0 Å². The first kappa shape index (κ1) is 10.3. The molecule has 0 atom stereocenters. The van der Waals surface area contributed by atoms with Crippen molar-refractivity contribution >= 4 is 11.6 Å². The fourth-order valence-corrected chi connectivity index (χ4v) is 1.85. The third-order valence-electron chi connectivity index (χ3n) is 2.42. The molecule has 0 spiro atoms. The maximum Gasteiger partial charge on any atom is 0.0566 e. The van der Waals surface area contributed by atoms with Crippen LogP contribution in [0.4, 0.5) is 0 Å². The van der Waals surface area contributed by atoms with Crippen LogP contribution in [0.1, 0.15) is 12.5 Å². The highest BCUT2D eigenvalue weighted by molar-refractivity contribution is 6.33. The Morgan fingerprint density at radius 1 is 1.07 bits per heavy atom. The Morgan fingerprint density at radius 2 is 1.80 bits per heavy atom. The molecule has 0 aromatic heterocycles. The minimum atomic E-state index is 0.709. The molecule has 0 nitrogen and oxygen atoms in total. The van der Waals surface area contributed by atoms with Gasteiger partial charge < -0.3 is 0 Å². The second-order valence-electron chi connectivity index (χ2n) is 3.43. The van der Waals surface area contributed by atoms with Crippen LogP contribution in [-0.4, -0.2) is 0 Å². The lowest BCUT2D eigenvalue weighted by Gasteiger charge is -2.05. The summed E-state index contributed by atoms with van der Waals surface area (Å²) in [4.78, 5) is 0. The quantitative estimate of drug-likeness (QED) is 0.698. The second kappa shape index (κ2) is 4.50. The third kappa shape index (κ3) is 2.21. The minimum absolute atomic E-state index is 0.709. The number of aryl methyl sites for hydroxylation is 1. The Hall–Kier alpha value is -1.27. The van der Waals surface area contributed by atoms with Gasteiger partial charge in [-0.05, 0) is 17.5 Å². The first-order chi connectivity index (χ1) is 7.31. The highest BCUT2D eigenvalue weighted by Gasteiger charge is 2.03. The van der Waals surface area contributed by atoms with Crippen LogP contribution in [0.2, 0.25) is 5.02 Å². The minimum Gasteiger partial charge on any atom is -0.0830 e. The summed E-state index contributed by atoms with van der Waals surface area (Å²) in [5.41, 5.74) is 3.34. The summed E-state index contributed by atoms with van der Waals surface area (Å²) in [7, 11) is 0. The van der Waals surface area contributed by atoms with Crippen LogP contribution >= 0.6 is 11.6 Å². The summed E-state index contributed by atoms with van der Waals surface area (Å²) in [6.07, 6.45) is 0.967. The molecule has 1 heteroatoms. The molecule has 75 valence electrons. The Morgan fingerprint density at radius 3 is 2.40 bits per heavy atom. The standard InChI is InChI=1S/C14H12Cl/c1-2-11-8-9-13(14(15)10-11)12-6-4-3-5-7-12/h3-9H,2H2,1H3. The van der Waals surface area contributed by atoms with Crippen LogP contribution in [0.5, 0.6) is 0 Å². The van der Waals surface area contributed by atoms with E-state index >= 15 is 0 Å². The van der Waals surface area contributed by atoms with Gasteiger partial charge in [-0.25, -0.2) is 0 Å². The second-order valence-corrected chi connectivity index (χ2v) is 3.81. The molecule has 0 aliphatic rings. The SMILES string of the molecule is CCc1[c]c(Cl)c(-c2ccccc2)cc1. The molecule has 0 heterocycles. The number of halogens is 1. The molecule has 1 radical (unpaired) electrons. The van der Waals surface area contributed by atoms with Crippen LogP contribution in [0.15, 0.2) is 42.5 Å². The Bertz CT molecular complexity index is 446. The van der Waals surface area contributed by atoms with Crippen molar-refractivity contribution in [3.8, 4) is 11.1 Å². The maximum absolute atomic E-state index is 6.19. The summed E-state index contributed by atoms with van der Waals surface area (Å²) >= 11 is 6.19. The van der Waals surface area contributed by atoms with Crippen molar-refractivity contribution in [3.63, 3.8) is 0 Å². The molecule has 2 aromatic carbocycles. The smallest absolute Gasteiger partial charge is 0.0566 e. The van der Waals surface area contributed by atoms with Gasteiger partial charge in [0.05, 0.1) is 5.02 Å². The van der Waals surface area contributed by atoms with Gasteiger partial charge in [-0.2, -0.15) is 0 Å². The van der Waals surface area contributed by atoms with Crippen molar-refractivity contribution in [1.82, 2.24) is 0 Å². The Balaban J connectivity index is 2.46. The van der Waals surface area contributed by atoms with Gasteiger partial charge in [0.25, 0.3) is 0 Å². The molecule has 0 bridgehead atoms. The summed E-state index contributed by atoms with van der Waals surface area (Å²) in [6.45, 7) is 2.10. The van der Waals surface area contributed by atoms with E-state index in [1.807, 2.05) is 18.2 Å². The topological polar surface area (TPSA) is 0 Å². The zero-order chi connectivity index (χ0) is 10.7. The van der Waals surface area contributed by atoms with Crippen molar-refractivity contribution in [3.05, 3.63) is 59.1 Å². The number of hydrogen-bond acceptors (Lipinski definition) is 0. The summed E-state index contributed by atoms with van der Waals surface area (Å²) in [5, 5.41) is 0.709. The molecule has 0 aliphatic heterocycles. The van der Waals surface area contributed by atoms with Crippen molar-refractivity contribution in [1.29, 1.82) is 0 Å². The highest BCUT2D eigenvalue weighted by atomic mass is 35.5. The van der Waals surface area contributed by atoms with Crippen LogP contribution < -0.4 is 0 Å². The number of rotatable bonds is 2. The van der Waals surface area contributed by atoms with Gasteiger partial charge >= 0.3 is 0 Å². The fraction of sp³-hybridized carbons (Fsp3) is 0.143. The van der Waals surface area contributed by atoms with E-state index in [1.54, 1.807) is 0 Å². The summed E-state index contributed by atoms with van der Waals surface area (Å²) in [6, 6.07) is 17.5. The maximum atomic E-state index is 6.19. The van der Waals surface area contributed by atoms with E-state index in [-0.39, 0.29) is 0 Å². The van der Waals surface area contributed by atoms with Gasteiger partial charge in [0, 0.05) is 11.6 Å². The molecule has 15 heavy (non-hydrogen) atoms. The van der Waals surface area contributed by atoms with Crippen LogP contribution in [0, 0.1) is 6.07 Å². The van der Waals surface area contributed by atoms with Crippen LogP contribution in [-0.2, 0) is 6.42 Å². The van der Waals surface area contributed by atoms with E-state index in [0.29, 0.717) is 5.02 Å². The molecular weight excluding hydrogens is 204 g/mol. The van der Waals surface area contributed by atoms with Gasteiger partial charge in [0.1, 0.15) is 0 Å². The van der Waals surface area contributed by atoms with Crippen molar-refractivity contribution < 1.29 is 0 Å². The van der Waals surface area contributed by atoms with E-state index in [2.05, 4.69) is 37.3 Å². The molecule has 0 amide bonds. The normalized spacial score (nSPS) is 10.3. The molecular formula is C14H12Cl. The molecule has 0 aliphatic carbocycles. The van der Waals surface area contributed by atoms with E-state index in [9.17, 15) is 0 Å². The van der Waals surface area contributed by atoms with E-state index in [1.165, 1.54) is 0 Å². The lowest BCUT2D eigenvalue weighted by Crippen LogP contribution is -1.84. The van der Waals surface area contributed by atoms with Crippen molar-refractivity contribution in [2.45, 2.75) is 13.3 Å². The van der Waals surface area contributed by atoms with E-state index < -0.39 is 0 Å². The van der Waals surface area contributed by atoms with Gasteiger partial charge in [-0.15, -0.1) is 0 Å². The largest absolute Gasteiger partial charge is 0.0830 e. The molecule has 0 saturated carbocycles. The number of benzene rings is 2. The predicted octanol–water partition coefficient (Wildman–Crippen LogP) is 4.37. The molecule has 0 fully saturated rings. The first-order valence-electron chi connectivity index (χ1n) is 5.07. The van der Waals surface area contributed by atoms with Gasteiger partial charge in [0.2, 0.25) is 0 Å². The monoisotopic (exact) mass is 215 g/mol. The van der Waals surface area contributed by atoms with Gasteiger partial charge in [-0.3, -0.25) is 0 Å². The van der Waals surface area contributed by atoms with E-state index in [4.69, 9.17) is 11.6 Å².